The van der Waals surface area contributed by atoms with Gasteiger partial charge in [-0.3, -0.25) is 4.79 Å². The van der Waals surface area contributed by atoms with Crippen molar-refractivity contribution in [2.24, 2.45) is 5.92 Å². The van der Waals surface area contributed by atoms with Crippen LogP contribution >= 0.6 is 0 Å². The number of urea groups is 1. The molecule has 6 atom stereocenters. The van der Waals surface area contributed by atoms with Gasteiger partial charge in [-0.05, 0) is 30.5 Å². The summed E-state index contributed by atoms with van der Waals surface area (Å²) in [5, 5.41) is 15.7. The molecule has 2 amide bonds. The Kier molecular flexibility index (Phi) is 8.43. The van der Waals surface area contributed by atoms with Gasteiger partial charge in [0, 0.05) is 24.7 Å². The smallest absolute Gasteiger partial charge is 0.319 e. The number of hydrogen-bond donors (Lipinski definition) is 3. The molecule has 2 aliphatic heterocycles. The first-order valence-electron chi connectivity index (χ1n) is 13.0. The number of anilines is 1. The molecule has 0 aromatic heterocycles. The summed E-state index contributed by atoms with van der Waals surface area (Å²) in [6, 6.07) is 16.4. The monoisotopic (exact) mass is 526 g/mol. The molecule has 3 N–H and O–H groups in total. The van der Waals surface area contributed by atoms with Gasteiger partial charge in [-0.15, -0.1) is 0 Å². The maximum Gasteiger partial charge on any atom is 0.319 e. The van der Waals surface area contributed by atoms with E-state index < -0.39 is 24.4 Å². The van der Waals surface area contributed by atoms with Gasteiger partial charge in [-0.25, -0.2) is 4.79 Å². The van der Waals surface area contributed by atoms with Gasteiger partial charge in [-0.1, -0.05) is 36.4 Å². The van der Waals surface area contributed by atoms with Crippen LogP contribution in [0.5, 0.6) is 5.75 Å². The van der Waals surface area contributed by atoms with Crippen LogP contribution in [-0.4, -0.2) is 74.0 Å². The molecule has 1 aliphatic carbocycles. The Balaban J connectivity index is 1.23. The second kappa shape index (κ2) is 12.1. The van der Waals surface area contributed by atoms with Crippen LogP contribution in [0.4, 0.5) is 10.5 Å². The fraction of sp³-hybridized carbons (Fsp3) is 0.500. The van der Waals surface area contributed by atoms with E-state index in [2.05, 4.69) is 10.6 Å². The zero-order valence-corrected chi connectivity index (χ0v) is 21.3. The van der Waals surface area contributed by atoms with E-state index in [-0.39, 0.29) is 43.3 Å². The molecule has 3 aliphatic rings. The Morgan fingerprint density at radius 1 is 1.05 bits per heavy atom. The summed E-state index contributed by atoms with van der Waals surface area (Å²) in [5.41, 5.74) is 1.57. The highest BCUT2D eigenvalue weighted by Crippen LogP contribution is 2.38. The number of ether oxygens (including phenoxy) is 5. The molecule has 3 fully saturated rings. The largest absolute Gasteiger partial charge is 0.497 e. The molecule has 2 aromatic carbocycles. The highest BCUT2D eigenvalue weighted by atomic mass is 16.6. The maximum absolute atomic E-state index is 12.6. The van der Waals surface area contributed by atoms with Crippen LogP contribution in [0.15, 0.2) is 54.6 Å². The minimum atomic E-state index is -0.805. The van der Waals surface area contributed by atoms with E-state index in [1.54, 1.807) is 31.4 Å². The predicted octanol–water partition coefficient (Wildman–Crippen LogP) is 2.64. The number of nitrogens with one attached hydrogen (secondary N) is 2. The molecule has 2 aromatic rings. The third-order valence-corrected chi connectivity index (χ3v) is 7.02. The fourth-order valence-electron chi connectivity index (χ4n) is 4.89. The molecule has 1 unspecified atom stereocenters. The molecule has 10 nitrogen and oxygen atoms in total. The molecule has 0 radical (unpaired) electrons. The Labute approximate surface area is 221 Å². The molecule has 2 saturated heterocycles. The molecular weight excluding hydrogens is 492 g/mol. The number of benzene rings is 2. The lowest BCUT2D eigenvalue weighted by Gasteiger charge is -2.42. The number of aliphatic hydroxyl groups excluding tert-OH is 1. The Hall–Kier alpha value is -3.18. The van der Waals surface area contributed by atoms with Crippen molar-refractivity contribution in [3.8, 4) is 5.75 Å². The first-order chi connectivity index (χ1) is 18.5. The van der Waals surface area contributed by atoms with Crippen LogP contribution in [0.1, 0.15) is 24.8 Å². The lowest BCUT2D eigenvalue weighted by molar-refractivity contribution is -0.243. The third-order valence-electron chi connectivity index (χ3n) is 7.02. The average molecular weight is 527 g/mol. The van der Waals surface area contributed by atoms with Crippen molar-refractivity contribution < 1.29 is 38.4 Å². The quantitative estimate of drug-likeness (QED) is 0.404. The van der Waals surface area contributed by atoms with Gasteiger partial charge < -0.3 is 39.4 Å². The van der Waals surface area contributed by atoms with Crippen LogP contribution in [0, 0.1) is 5.92 Å². The highest BCUT2D eigenvalue weighted by molar-refractivity contribution is 5.89. The summed E-state index contributed by atoms with van der Waals surface area (Å²) in [6.07, 6.45) is -1.31. The number of fused-ring (bicyclic) bond motifs is 1. The van der Waals surface area contributed by atoms with Crippen molar-refractivity contribution in [3.63, 3.8) is 0 Å². The zero-order chi connectivity index (χ0) is 26.5. The Bertz CT molecular complexity index is 1100. The van der Waals surface area contributed by atoms with Crippen LogP contribution in [0.2, 0.25) is 0 Å². The van der Waals surface area contributed by atoms with Crippen LogP contribution in [0.3, 0.4) is 0 Å². The van der Waals surface area contributed by atoms with Crippen LogP contribution in [-0.2, 0) is 30.3 Å². The molecule has 2 heterocycles. The fourth-order valence-corrected chi connectivity index (χ4v) is 4.89. The topological polar surface area (TPSA) is 125 Å². The van der Waals surface area contributed by atoms with Gasteiger partial charge in [0.1, 0.15) is 24.1 Å². The van der Waals surface area contributed by atoms with Gasteiger partial charge in [0.15, 0.2) is 6.10 Å². The summed E-state index contributed by atoms with van der Waals surface area (Å²) in [7, 11) is 1.56. The molecule has 0 spiro atoms. The summed E-state index contributed by atoms with van der Waals surface area (Å²) in [6.45, 7) is 0.219. The molecule has 204 valence electrons. The highest BCUT2D eigenvalue weighted by Gasteiger charge is 2.54. The van der Waals surface area contributed by atoms with E-state index in [9.17, 15) is 14.7 Å². The number of amides is 2. The van der Waals surface area contributed by atoms with Gasteiger partial charge in [0.05, 0.1) is 38.4 Å². The lowest BCUT2D eigenvalue weighted by atomic mass is 9.94. The number of aliphatic hydroxyl groups is 1. The first-order valence-corrected chi connectivity index (χ1v) is 13.0. The number of hydrogen-bond acceptors (Lipinski definition) is 8. The molecule has 0 bridgehead atoms. The summed E-state index contributed by atoms with van der Waals surface area (Å²) >= 11 is 0. The predicted molar refractivity (Wildman–Crippen MR) is 137 cm³/mol. The lowest BCUT2D eigenvalue weighted by Crippen LogP contribution is -2.59. The van der Waals surface area contributed by atoms with Crippen LogP contribution in [0.25, 0.3) is 0 Å². The van der Waals surface area contributed by atoms with Gasteiger partial charge in [-0.2, -0.15) is 0 Å². The molecule has 1 saturated carbocycles. The second-order valence-corrected chi connectivity index (χ2v) is 9.86. The van der Waals surface area contributed by atoms with E-state index >= 15 is 0 Å². The Morgan fingerprint density at radius 3 is 2.61 bits per heavy atom. The van der Waals surface area contributed by atoms with Gasteiger partial charge in [0.25, 0.3) is 0 Å². The molecule has 10 heteroatoms. The van der Waals surface area contributed by atoms with Gasteiger partial charge >= 0.3 is 12.0 Å². The van der Waals surface area contributed by atoms with Crippen LogP contribution < -0.4 is 15.4 Å². The van der Waals surface area contributed by atoms with E-state index in [4.69, 9.17) is 23.7 Å². The minimum absolute atomic E-state index is 0.105. The number of carbonyl (C=O) groups is 2. The zero-order valence-electron chi connectivity index (χ0n) is 21.3. The Morgan fingerprint density at radius 2 is 1.87 bits per heavy atom. The number of esters is 1. The first kappa shape index (κ1) is 26.4. The SMILES string of the molecule is COc1cccc(NC(=O)NCC2C[C@H]3O[C@H](CO)[C@@H](OC(=O)C4CC4)[C@H](OCc4ccccc4)[C@H]3O2)c1. The average Bonchev–Trinajstić information content (AvgIpc) is 3.71. The van der Waals surface area contributed by atoms with Crippen molar-refractivity contribution in [2.75, 3.05) is 25.6 Å². The van der Waals surface area contributed by atoms with E-state index in [0.717, 1.165) is 18.4 Å². The number of methoxy groups -OCH3 is 1. The van der Waals surface area contributed by atoms with Crippen molar-refractivity contribution in [1.29, 1.82) is 0 Å². The molecular formula is C28H34N2O8. The summed E-state index contributed by atoms with van der Waals surface area (Å²) < 4.78 is 29.8. The second-order valence-electron chi connectivity index (χ2n) is 9.86. The molecule has 5 rings (SSSR count). The van der Waals surface area contributed by atoms with Crippen molar-refractivity contribution in [1.82, 2.24) is 5.32 Å². The maximum atomic E-state index is 12.6. The third kappa shape index (κ3) is 6.44. The number of carbonyl (C=O) groups excluding carboxylic acids is 2. The van der Waals surface area contributed by atoms with E-state index in [1.165, 1.54) is 0 Å². The standard InChI is InChI=1S/C28H34N2O8/c1-34-20-9-5-8-19(12-20)30-28(33)29-14-21-13-22-24(36-21)26(35-16-17-6-3-2-4-7-17)25(23(15-31)37-22)38-27(32)18-10-11-18/h2-9,12,18,21-26,31H,10-11,13-16H2,1H3,(H2,29,30,33)/t21?,22-,23-,24+,25-,26-/m1/s1. The van der Waals surface area contributed by atoms with E-state index in [1.807, 2.05) is 30.3 Å². The van der Waals surface area contributed by atoms with E-state index in [0.29, 0.717) is 24.5 Å². The van der Waals surface area contributed by atoms with Gasteiger partial charge in [0.2, 0.25) is 0 Å². The normalized spacial score (nSPS) is 28.3. The minimum Gasteiger partial charge on any atom is -0.497 e. The molecule has 38 heavy (non-hydrogen) atoms. The van der Waals surface area contributed by atoms with Crippen molar-refractivity contribution in [3.05, 3.63) is 60.2 Å². The van der Waals surface area contributed by atoms with Crippen molar-refractivity contribution >= 4 is 17.7 Å². The van der Waals surface area contributed by atoms with Crippen molar-refractivity contribution in [2.45, 2.75) is 62.5 Å². The number of rotatable bonds is 10. The summed E-state index contributed by atoms with van der Waals surface area (Å²) in [4.78, 5) is 25.0. The summed E-state index contributed by atoms with van der Waals surface area (Å²) in [5.74, 6) is 0.237.